The highest BCUT2D eigenvalue weighted by atomic mass is 79.9. The van der Waals surface area contributed by atoms with E-state index in [4.69, 9.17) is 0 Å². The third-order valence-corrected chi connectivity index (χ3v) is 6.88. The van der Waals surface area contributed by atoms with E-state index in [1.807, 2.05) is 24.3 Å². The minimum atomic E-state index is -3.50. The van der Waals surface area contributed by atoms with Crippen LogP contribution in [0.3, 0.4) is 0 Å². The van der Waals surface area contributed by atoms with Gasteiger partial charge in [0.2, 0.25) is 15.9 Å². The maximum Gasteiger partial charge on any atom is 0.246 e. The summed E-state index contributed by atoms with van der Waals surface area (Å²) in [6, 6.07) is 16.0. The highest BCUT2D eigenvalue weighted by molar-refractivity contribution is 9.10. The van der Waals surface area contributed by atoms with E-state index in [0.29, 0.717) is 26.2 Å². The van der Waals surface area contributed by atoms with E-state index in [9.17, 15) is 13.2 Å². The maximum absolute atomic E-state index is 12.6. The number of piperazine rings is 1. The zero-order valence-electron chi connectivity index (χ0n) is 14.1. The van der Waals surface area contributed by atoms with Gasteiger partial charge >= 0.3 is 0 Å². The van der Waals surface area contributed by atoms with Gasteiger partial charge in [-0.25, -0.2) is 8.42 Å². The van der Waals surface area contributed by atoms with Crippen LogP contribution >= 0.6 is 15.9 Å². The molecule has 2 aromatic carbocycles. The van der Waals surface area contributed by atoms with E-state index in [1.165, 1.54) is 10.4 Å². The number of carbonyl (C=O) groups excluding carboxylic acids is 1. The van der Waals surface area contributed by atoms with Gasteiger partial charge in [0.15, 0.2) is 0 Å². The average molecular weight is 435 g/mol. The molecule has 0 aliphatic carbocycles. The van der Waals surface area contributed by atoms with Crippen molar-refractivity contribution in [1.82, 2.24) is 9.21 Å². The van der Waals surface area contributed by atoms with Gasteiger partial charge in [-0.05, 0) is 29.8 Å². The number of rotatable bonds is 4. The van der Waals surface area contributed by atoms with Crippen LogP contribution in [0.25, 0.3) is 6.08 Å². The van der Waals surface area contributed by atoms with Crippen LogP contribution in [0.15, 0.2) is 70.0 Å². The highest BCUT2D eigenvalue weighted by Gasteiger charge is 2.29. The van der Waals surface area contributed by atoms with Gasteiger partial charge in [-0.3, -0.25) is 4.79 Å². The SMILES string of the molecule is O=C(/C=C/c1ccccc1Br)N1CCN(S(=O)(=O)c2ccccc2)CC1. The van der Waals surface area contributed by atoms with Crippen molar-refractivity contribution in [1.29, 1.82) is 0 Å². The molecule has 0 atom stereocenters. The van der Waals surface area contributed by atoms with Crippen LogP contribution < -0.4 is 0 Å². The molecule has 0 spiro atoms. The summed E-state index contributed by atoms with van der Waals surface area (Å²) in [5.74, 6) is -0.113. The molecule has 1 amide bonds. The van der Waals surface area contributed by atoms with Gasteiger partial charge in [0.1, 0.15) is 0 Å². The number of sulfonamides is 1. The van der Waals surface area contributed by atoms with Crippen molar-refractivity contribution < 1.29 is 13.2 Å². The summed E-state index contributed by atoms with van der Waals surface area (Å²) in [5.41, 5.74) is 0.922. The van der Waals surface area contributed by atoms with E-state index < -0.39 is 10.0 Å². The van der Waals surface area contributed by atoms with Crippen molar-refractivity contribution in [3.05, 3.63) is 70.7 Å². The van der Waals surface area contributed by atoms with Gasteiger partial charge < -0.3 is 4.90 Å². The van der Waals surface area contributed by atoms with E-state index in [-0.39, 0.29) is 10.8 Å². The van der Waals surface area contributed by atoms with Crippen molar-refractivity contribution in [3.8, 4) is 0 Å². The van der Waals surface area contributed by atoms with Crippen LogP contribution in [0.2, 0.25) is 0 Å². The first kappa shape index (κ1) is 18.8. The number of halogens is 1. The lowest BCUT2D eigenvalue weighted by atomic mass is 10.2. The second kappa shape index (κ2) is 8.16. The van der Waals surface area contributed by atoms with Gasteiger partial charge in [0.05, 0.1) is 4.90 Å². The standard InChI is InChI=1S/C19H19BrN2O3S/c20-18-9-5-4-6-16(18)10-11-19(23)21-12-14-22(15-13-21)26(24,25)17-7-2-1-3-8-17/h1-11H,12-15H2/b11-10+. The molecule has 26 heavy (non-hydrogen) atoms. The monoisotopic (exact) mass is 434 g/mol. The molecule has 0 unspecified atom stereocenters. The van der Waals surface area contributed by atoms with Crippen molar-refractivity contribution in [2.45, 2.75) is 4.90 Å². The van der Waals surface area contributed by atoms with Crippen LogP contribution in [-0.2, 0) is 14.8 Å². The van der Waals surface area contributed by atoms with Crippen molar-refractivity contribution >= 4 is 37.9 Å². The van der Waals surface area contributed by atoms with Crippen LogP contribution in [-0.4, -0.2) is 49.7 Å². The first-order valence-corrected chi connectivity index (χ1v) is 10.5. The molecule has 5 nitrogen and oxygen atoms in total. The lowest BCUT2D eigenvalue weighted by molar-refractivity contribution is -0.127. The number of carbonyl (C=O) groups is 1. The average Bonchev–Trinajstić information content (AvgIpc) is 2.68. The van der Waals surface area contributed by atoms with Gasteiger partial charge in [0.25, 0.3) is 0 Å². The largest absolute Gasteiger partial charge is 0.337 e. The van der Waals surface area contributed by atoms with Gasteiger partial charge in [-0.15, -0.1) is 0 Å². The number of benzene rings is 2. The Morgan fingerprint density at radius 1 is 0.923 bits per heavy atom. The normalized spacial score (nSPS) is 16.1. The second-order valence-corrected chi connectivity index (χ2v) is 8.69. The molecule has 0 N–H and O–H groups in total. The summed E-state index contributed by atoms with van der Waals surface area (Å²) >= 11 is 3.44. The van der Waals surface area contributed by atoms with Gasteiger partial charge in [0, 0.05) is 36.7 Å². The smallest absolute Gasteiger partial charge is 0.246 e. The molecular weight excluding hydrogens is 416 g/mol. The minimum Gasteiger partial charge on any atom is -0.337 e. The summed E-state index contributed by atoms with van der Waals surface area (Å²) in [5, 5.41) is 0. The quantitative estimate of drug-likeness (QED) is 0.694. The van der Waals surface area contributed by atoms with Gasteiger partial charge in [-0.2, -0.15) is 4.31 Å². The first-order chi connectivity index (χ1) is 12.5. The van der Waals surface area contributed by atoms with Gasteiger partial charge in [-0.1, -0.05) is 52.3 Å². The number of nitrogens with zero attached hydrogens (tertiary/aromatic N) is 2. The fraction of sp³-hybridized carbons (Fsp3) is 0.211. The Hall–Kier alpha value is -1.96. The maximum atomic E-state index is 12.6. The second-order valence-electron chi connectivity index (χ2n) is 5.90. The predicted octanol–water partition coefficient (Wildman–Crippen LogP) is 3.00. The van der Waals surface area contributed by atoms with Crippen LogP contribution in [0.1, 0.15) is 5.56 Å². The lowest BCUT2D eigenvalue weighted by Crippen LogP contribution is -2.50. The summed E-state index contributed by atoms with van der Waals surface area (Å²) in [7, 11) is -3.50. The van der Waals surface area contributed by atoms with E-state index in [0.717, 1.165) is 10.0 Å². The lowest BCUT2D eigenvalue weighted by Gasteiger charge is -2.33. The molecule has 1 fully saturated rings. The summed E-state index contributed by atoms with van der Waals surface area (Å²) in [4.78, 5) is 14.3. The number of amides is 1. The molecular formula is C19H19BrN2O3S. The fourth-order valence-electron chi connectivity index (χ4n) is 2.77. The molecule has 0 bridgehead atoms. The molecule has 7 heteroatoms. The minimum absolute atomic E-state index is 0.113. The van der Waals surface area contributed by atoms with E-state index in [1.54, 1.807) is 41.3 Å². The highest BCUT2D eigenvalue weighted by Crippen LogP contribution is 2.19. The Morgan fingerprint density at radius 2 is 1.54 bits per heavy atom. The molecule has 0 aromatic heterocycles. The zero-order chi connectivity index (χ0) is 18.6. The molecule has 2 aromatic rings. The number of hydrogen-bond donors (Lipinski definition) is 0. The Labute approximate surface area is 162 Å². The van der Waals surface area contributed by atoms with Crippen molar-refractivity contribution in [3.63, 3.8) is 0 Å². The van der Waals surface area contributed by atoms with E-state index in [2.05, 4.69) is 15.9 Å². The Bertz CT molecular complexity index is 905. The third kappa shape index (κ3) is 4.23. The van der Waals surface area contributed by atoms with E-state index >= 15 is 0 Å². The Morgan fingerprint density at radius 3 is 2.19 bits per heavy atom. The Kier molecular flexibility index (Phi) is 5.90. The molecule has 3 rings (SSSR count). The molecule has 1 aliphatic heterocycles. The molecule has 136 valence electrons. The van der Waals surface area contributed by atoms with Crippen molar-refractivity contribution in [2.75, 3.05) is 26.2 Å². The Balaban J connectivity index is 1.62. The van der Waals surface area contributed by atoms with Crippen LogP contribution in [0.4, 0.5) is 0 Å². The van der Waals surface area contributed by atoms with Crippen molar-refractivity contribution in [2.24, 2.45) is 0 Å². The molecule has 1 heterocycles. The summed E-state index contributed by atoms with van der Waals surface area (Å²) < 4.78 is 27.6. The fourth-order valence-corrected chi connectivity index (χ4v) is 4.63. The molecule has 0 radical (unpaired) electrons. The van der Waals surface area contributed by atoms with Crippen LogP contribution in [0.5, 0.6) is 0 Å². The van der Waals surface area contributed by atoms with Crippen LogP contribution in [0, 0.1) is 0 Å². The molecule has 1 aliphatic rings. The summed E-state index contributed by atoms with van der Waals surface area (Å²) in [6.07, 6.45) is 3.29. The first-order valence-electron chi connectivity index (χ1n) is 8.25. The molecule has 1 saturated heterocycles. The summed E-state index contributed by atoms with van der Waals surface area (Å²) in [6.45, 7) is 1.36. The topological polar surface area (TPSA) is 57.7 Å². The predicted molar refractivity (Wildman–Crippen MR) is 105 cm³/mol. The molecule has 0 saturated carbocycles. The zero-order valence-corrected chi connectivity index (χ0v) is 16.5. The number of hydrogen-bond acceptors (Lipinski definition) is 3. The third-order valence-electron chi connectivity index (χ3n) is 4.24.